The van der Waals surface area contributed by atoms with Crippen molar-refractivity contribution < 1.29 is 14.3 Å². The van der Waals surface area contributed by atoms with Crippen LogP contribution < -0.4 is 0 Å². The summed E-state index contributed by atoms with van der Waals surface area (Å²) in [5.74, 6) is -0.0193. The molecule has 1 saturated heterocycles. The zero-order valence-corrected chi connectivity index (χ0v) is 15.3. The van der Waals surface area contributed by atoms with Gasteiger partial charge in [0.05, 0.1) is 0 Å². The standard InChI is InChI=1S/C19H28N2O3/c1-6-15-8-11-19(7-2,16(22)14-9-12-20-13-10-14)21(15)17(23)24-18(3,4)5/h9-10,12-13,15H,6-8,11H2,1-5H3. The number of carbonyl (C=O) groups is 2. The molecule has 132 valence electrons. The Morgan fingerprint density at radius 3 is 2.42 bits per heavy atom. The molecule has 1 amide bonds. The van der Waals surface area contributed by atoms with Crippen LogP contribution in [0.1, 0.15) is 70.7 Å². The highest BCUT2D eigenvalue weighted by Gasteiger charge is 2.53. The number of likely N-dealkylation sites (tertiary alicyclic amines) is 1. The molecule has 0 N–H and O–H groups in total. The maximum absolute atomic E-state index is 13.3. The summed E-state index contributed by atoms with van der Waals surface area (Å²) in [6.45, 7) is 9.56. The SMILES string of the molecule is CCC1CCC(CC)(C(=O)c2ccncc2)N1C(=O)OC(C)(C)C. The zero-order chi connectivity index (χ0) is 18.0. The van der Waals surface area contributed by atoms with Crippen molar-refractivity contribution in [2.45, 2.75) is 77.5 Å². The Balaban J connectivity index is 2.42. The third-order valence-corrected chi connectivity index (χ3v) is 4.73. The minimum Gasteiger partial charge on any atom is -0.444 e. The highest BCUT2D eigenvalue weighted by molar-refractivity contribution is 6.05. The second-order valence-electron chi connectivity index (χ2n) is 7.40. The molecule has 0 radical (unpaired) electrons. The molecule has 2 heterocycles. The van der Waals surface area contributed by atoms with Gasteiger partial charge in [0.25, 0.3) is 0 Å². The molecule has 0 spiro atoms. The van der Waals surface area contributed by atoms with Gasteiger partial charge in [-0.3, -0.25) is 14.7 Å². The topological polar surface area (TPSA) is 59.5 Å². The summed E-state index contributed by atoms with van der Waals surface area (Å²) in [7, 11) is 0. The van der Waals surface area contributed by atoms with Crippen molar-refractivity contribution in [1.82, 2.24) is 9.88 Å². The molecule has 2 rings (SSSR count). The maximum atomic E-state index is 13.3. The van der Waals surface area contributed by atoms with Gasteiger partial charge in [0.2, 0.25) is 0 Å². The smallest absolute Gasteiger partial charge is 0.411 e. The van der Waals surface area contributed by atoms with Crippen molar-refractivity contribution in [3.63, 3.8) is 0 Å². The number of ether oxygens (including phenoxy) is 1. The van der Waals surface area contributed by atoms with Gasteiger partial charge < -0.3 is 4.74 Å². The molecular formula is C19H28N2O3. The molecule has 0 aliphatic carbocycles. The van der Waals surface area contributed by atoms with Crippen molar-refractivity contribution in [1.29, 1.82) is 0 Å². The molecule has 1 fully saturated rings. The molecule has 5 nitrogen and oxygen atoms in total. The van der Waals surface area contributed by atoms with E-state index in [0.717, 1.165) is 12.8 Å². The van der Waals surface area contributed by atoms with Gasteiger partial charge in [-0.1, -0.05) is 13.8 Å². The number of Topliss-reactive ketones (excluding diaryl/α,β-unsaturated/α-hetero) is 1. The van der Waals surface area contributed by atoms with Crippen LogP contribution in [0.2, 0.25) is 0 Å². The van der Waals surface area contributed by atoms with Gasteiger partial charge in [0.15, 0.2) is 5.78 Å². The van der Waals surface area contributed by atoms with Crippen molar-refractivity contribution >= 4 is 11.9 Å². The Hall–Kier alpha value is -1.91. The van der Waals surface area contributed by atoms with Crippen molar-refractivity contribution in [2.24, 2.45) is 0 Å². The van der Waals surface area contributed by atoms with Crippen LogP contribution in [-0.4, -0.2) is 38.9 Å². The third-order valence-electron chi connectivity index (χ3n) is 4.73. The van der Waals surface area contributed by atoms with E-state index in [4.69, 9.17) is 4.74 Å². The Kier molecular flexibility index (Phi) is 5.31. The Bertz CT molecular complexity index is 594. The molecule has 2 unspecified atom stereocenters. The normalized spacial score (nSPS) is 24.0. The first-order valence-corrected chi connectivity index (χ1v) is 8.72. The lowest BCUT2D eigenvalue weighted by molar-refractivity contribution is -0.00142. The highest BCUT2D eigenvalue weighted by Crippen LogP contribution is 2.41. The molecule has 2 atom stereocenters. The number of hydrogen-bond acceptors (Lipinski definition) is 4. The fraction of sp³-hybridized carbons (Fsp3) is 0.632. The fourth-order valence-electron chi connectivity index (χ4n) is 3.53. The summed E-state index contributed by atoms with van der Waals surface area (Å²) in [5, 5.41) is 0. The molecule has 1 aliphatic rings. The molecule has 1 aliphatic heterocycles. The van der Waals surface area contributed by atoms with Crippen LogP contribution in [-0.2, 0) is 4.74 Å². The van der Waals surface area contributed by atoms with E-state index >= 15 is 0 Å². The zero-order valence-electron chi connectivity index (χ0n) is 15.3. The summed E-state index contributed by atoms with van der Waals surface area (Å²) in [4.78, 5) is 31.8. The molecule has 0 bridgehead atoms. The quantitative estimate of drug-likeness (QED) is 0.775. The molecule has 24 heavy (non-hydrogen) atoms. The van der Waals surface area contributed by atoms with Gasteiger partial charge in [-0.25, -0.2) is 4.79 Å². The lowest BCUT2D eigenvalue weighted by Gasteiger charge is -2.40. The lowest BCUT2D eigenvalue weighted by Crippen LogP contribution is -2.56. The number of hydrogen-bond donors (Lipinski definition) is 0. The van der Waals surface area contributed by atoms with Crippen LogP contribution in [0.5, 0.6) is 0 Å². The maximum Gasteiger partial charge on any atom is 0.411 e. The number of carbonyl (C=O) groups excluding carboxylic acids is 2. The predicted octanol–water partition coefficient (Wildman–Crippen LogP) is 4.22. The van der Waals surface area contributed by atoms with E-state index in [9.17, 15) is 9.59 Å². The fourth-order valence-corrected chi connectivity index (χ4v) is 3.53. The minimum atomic E-state index is -0.829. The molecule has 5 heteroatoms. The first kappa shape index (κ1) is 18.4. The number of nitrogens with zero attached hydrogens (tertiary/aromatic N) is 2. The molecule has 0 saturated carbocycles. The summed E-state index contributed by atoms with van der Waals surface area (Å²) in [6.07, 6.45) is 5.70. The van der Waals surface area contributed by atoms with Gasteiger partial charge in [-0.15, -0.1) is 0 Å². The average Bonchev–Trinajstić information content (AvgIpc) is 2.93. The Morgan fingerprint density at radius 1 is 1.29 bits per heavy atom. The van der Waals surface area contributed by atoms with E-state index in [1.165, 1.54) is 0 Å². The molecule has 1 aromatic heterocycles. The number of rotatable bonds is 4. The van der Waals surface area contributed by atoms with E-state index in [0.29, 0.717) is 18.4 Å². The van der Waals surface area contributed by atoms with E-state index < -0.39 is 17.2 Å². The lowest BCUT2D eigenvalue weighted by atomic mass is 9.84. The van der Waals surface area contributed by atoms with E-state index in [1.807, 2.05) is 34.6 Å². The predicted molar refractivity (Wildman–Crippen MR) is 93.0 cm³/mol. The summed E-state index contributed by atoms with van der Waals surface area (Å²) in [6, 6.07) is 3.46. The minimum absolute atomic E-state index is 0.0193. The second kappa shape index (κ2) is 6.91. The number of aromatic nitrogens is 1. The van der Waals surface area contributed by atoms with Gasteiger partial charge in [-0.05, 0) is 58.6 Å². The molecule has 1 aromatic rings. The van der Waals surface area contributed by atoms with Crippen molar-refractivity contribution in [2.75, 3.05) is 0 Å². The van der Waals surface area contributed by atoms with Crippen LogP contribution in [0.25, 0.3) is 0 Å². The third kappa shape index (κ3) is 3.45. The largest absolute Gasteiger partial charge is 0.444 e. The van der Waals surface area contributed by atoms with E-state index in [-0.39, 0.29) is 11.8 Å². The Labute approximate surface area is 144 Å². The first-order chi connectivity index (χ1) is 11.2. The molecular weight excluding hydrogens is 304 g/mol. The van der Waals surface area contributed by atoms with E-state index in [2.05, 4.69) is 4.98 Å². The number of pyridine rings is 1. The average molecular weight is 332 g/mol. The number of amides is 1. The van der Waals surface area contributed by atoms with Crippen LogP contribution in [0, 0.1) is 0 Å². The highest BCUT2D eigenvalue weighted by atomic mass is 16.6. The monoisotopic (exact) mass is 332 g/mol. The van der Waals surface area contributed by atoms with Crippen LogP contribution in [0.3, 0.4) is 0 Å². The summed E-state index contributed by atoms with van der Waals surface area (Å²) >= 11 is 0. The van der Waals surface area contributed by atoms with Crippen LogP contribution >= 0.6 is 0 Å². The van der Waals surface area contributed by atoms with Gasteiger partial charge in [0.1, 0.15) is 11.1 Å². The van der Waals surface area contributed by atoms with Crippen molar-refractivity contribution in [3.05, 3.63) is 30.1 Å². The van der Waals surface area contributed by atoms with Gasteiger partial charge in [0, 0.05) is 24.0 Å². The first-order valence-electron chi connectivity index (χ1n) is 8.72. The molecule has 0 aromatic carbocycles. The second-order valence-corrected chi connectivity index (χ2v) is 7.40. The van der Waals surface area contributed by atoms with Crippen LogP contribution in [0.4, 0.5) is 4.79 Å². The number of ketones is 1. The Morgan fingerprint density at radius 2 is 1.92 bits per heavy atom. The summed E-state index contributed by atoms with van der Waals surface area (Å²) in [5.41, 5.74) is -0.821. The summed E-state index contributed by atoms with van der Waals surface area (Å²) < 4.78 is 5.62. The van der Waals surface area contributed by atoms with Crippen molar-refractivity contribution in [3.8, 4) is 0 Å². The van der Waals surface area contributed by atoms with E-state index in [1.54, 1.807) is 29.4 Å². The van der Waals surface area contributed by atoms with Gasteiger partial charge >= 0.3 is 6.09 Å². The van der Waals surface area contributed by atoms with Gasteiger partial charge in [-0.2, -0.15) is 0 Å². The van der Waals surface area contributed by atoms with Crippen LogP contribution in [0.15, 0.2) is 24.5 Å².